The first kappa shape index (κ1) is 36.6. The summed E-state index contributed by atoms with van der Waals surface area (Å²) in [6.45, 7) is 35.5. The Balaban J connectivity index is -0.000000466. The molecular formula is C31H68B. The van der Waals surface area contributed by atoms with Gasteiger partial charge in [-0.3, -0.25) is 0 Å². The highest BCUT2D eigenvalue weighted by molar-refractivity contribution is 6.39. The summed E-state index contributed by atoms with van der Waals surface area (Å²) < 4.78 is 0. The monoisotopic (exact) mass is 452 g/mol. The van der Waals surface area contributed by atoms with Gasteiger partial charge in [0.25, 0.3) is 0 Å². The molecular weight excluding hydrogens is 383 g/mol. The minimum Gasteiger partial charge on any atom is -0.0685 e. The first-order chi connectivity index (χ1) is 14.5. The molecule has 2 aliphatic carbocycles. The minimum atomic E-state index is 0.500. The van der Waals surface area contributed by atoms with Crippen molar-refractivity contribution >= 4 is 7.28 Å². The third-order valence-electron chi connectivity index (χ3n) is 6.65. The van der Waals surface area contributed by atoms with E-state index < -0.39 is 0 Å². The molecule has 0 aromatic rings. The lowest BCUT2D eigenvalue weighted by atomic mass is 9.46. The molecule has 2 rings (SSSR count). The molecule has 0 aromatic heterocycles. The Hall–Kier alpha value is 0.0649. The second kappa shape index (κ2) is 18.4. The van der Waals surface area contributed by atoms with Gasteiger partial charge in [0.15, 0.2) is 0 Å². The van der Waals surface area contributed by atoms with Crippen molar-refractivity contribution in [2.45, 2.75) is 174 Å². The molecule has 0 heterocycles. The molecule has 2 fully saturated rings. The molecule has 0 bridgehead atoms. The lowest BCUT2D eigenvalue weighted by molar-refractivity contribution is 0.233. The summed E-state index contributed by atoms with van der Waals surface area (Å²) in [5, 5.41) is 0. The zero-order valence-corrected chi connectivity index (χ0v) is 26.0. The van der Waals surface area contributed by atoms with E-state index in [9.17, 15) is 0 Å². The van der Waals surface area contributed by atoms with Gasteiger partial charge >= 0.3 is 0 Å². The average Bonchev–Trinajstić information content (AvgIpc) is 2.67. The second-order valence-electron chi connectivity index (χ2n) is 13.7. The van der Waals surface area contributed by atoms with Crippen LogP contribution in [0.4, 0.5) is 0 Å². The summed E-state index contributed by atoms with van der Waals surface area (Å²) in [5.74, 6) is 3.58. The van der Waals surface area contributed by atoms with Gasteiger partial charge in [-0.1, -0.05) is 148 Å². The van der Waals surface area contributed by atoms with E-state index in [0.29, 0.717) is 16.2 Å². The molecule has 0 N–H and O–H groups in total. The van der Waals surface area contributed by atoms with Crippen LogP contribution in [0.3, 0.4) is 0 Å². The molecule has 2 aliphatic rings. The van der Waals surface area contributed by atoms with Gasteiger partial charge in [-0.25, -0.2) is 0 Å². The molecule has 0 aliphatic heterocycles. The van der Waals surface area contributed by atoms with Crippen molar-refractivity contribution < 1.29 is 0 Å². The van der Waals surface area contributed by atoms with Gasteiger partial charge in [0.05, 0.1) is 0 Å². The first-order valence-electron chi connectivity index (χ1n) is 14.4. The second-order valence-corrected chi connectivity index (χ2v) is 13.7. The van der Waals surface area contributed by atoms with Gasteiger partial charge in [0.1, 0.15) is 7.28 Å². The SMILES string of the molecule is CC.CC.CC(C)(C)C.CC(C)C(C)C.CC1(C)CCC([B]C2CCC(C)(C)CC2)CC1. The highest BCUT2D eigenvalue weighted by Gasteiger charge is 2.32. The molecule has 0 aromatic carbocycles. The van der Waals surface area contributed by atoms with Gasteiger partial charge in [-0.2, -0.15) is 0 Å². The van der Waals surface area contributed by atoms with E-state index in [4.69, 9.17) is 0 Å². The van der Waals surface area contributed by atoms with Crippen LogP contribution in [-0.4, -0.2) is 7.28 Å². The van der Waals surface area contributed by atoms with Gasteiger partial charge < -0.3 is 0 Å². The summed E-state index contributed by atoms with van der Waals surface area (Å²) in [5.41, 5.74) is 1.75. The largest absolute Gasteiger partial charge is 0.117 e. The van der Waals surface area contributed by atoms with Crippen LogP contribution >= 0.6 is 0 Å². The normalized spacial score (nSPS) is 20.3. The van der Waals surface area contributed by atoms with E-state index >= 15 is 0 Å². The van der Waals surface area contributed by atoms with E-state index in [1.807, 2.05) is 27.7 Å². The van der Waals surface area contributed by atoms with Crippen molar-refractivity contribution in [3.63, 3.8) is 0 Å². The van der Waals surface area contributed by atoms with Crippen LogP contribution in [0.2, 0.25) is 11.6 Å². The van der Waals surface area contributed by atoms with E-state index in [0.717, 1.165) is 23.5 Å². The number of hydrogen-bond acceptors (Lipinski definition) is 0. The van der Waals surface area contributed by atoms with E-state index in [-0.39, 0.29) is 0 Å². The molecule has 1 radical (unpaired) electrons. The van der Waals surface area contributed by atoms with Crippen LogP contribution in [0, 0.1) is 28.1 Å². The fraction of sp³-hybridized carbons (Fsp3) is 1.00. The Labute approximate surface area is 209 Å². The molecule has 0 nitrogen and oxygen atoms in total. The lowest BCUT2D eigenvalue weighted by Gasteiger charge is -2.38. The maximum absolute atomic E-state index is 2.74. The molecule has 2 saturated carbocycles. The topological polar surface area (TPSA) is 0 Å². The smallest absolute Gasteiger partial charge is 0.0685 e. The summed E-state index contributed by atoms with van der Waals surface area (Å²) in [7, 11) is 2.74. The third-order valence-corrected chi connectivity index (χ3v) is 6.65. The van der Waals surface area contributed by atoms with E-state index in [1.165, 1.54) is 51.4 Å². The maximum atomic E-state index is 2.74. The van der Waals surface area contributed by atoms with Crippen molar-refractivity contribution in [2.75, 3.05) is 0 Å². The predicted molar refractivity (Wildman–Crippen MR) is 155 cm³/mol. The first-order valence-corrected chi connectivity index (χ1v) is 14.4. The Bertz CT molecular complexity index is 339. The molecule has 0 unspecified atom stereocenters. The summed E-state index contributed by atoms with van der Waals surface area (Å²) in [6, 6.07) is 0. The third kappa shape index (κ3) is 24.7. The average molecular weight is 452 g/mol. The van der Waals surface area contributed by atoms with Gasteiger partial charge in [0, 0.05) is 0 Å². The standard InChI is InChI=1S/C16H30B.C6H14.C5H12.2C2H6/c1-15(2)9-5-13(6-10-15)17-14-7-11-16(3,4)12-8-14;1-5(2)6(3)4;1-5(2,3)4;2*1-2/h13-14H,5-12H2,1-4H3;5-6H,1-4H3;1-4H3;2*1-2H3. The van der Waals surface area contributed by atoms with Crippen molar-refractivity contribution in [1.82, 2.24) is 0 Å². The molecule has 0 saturated heterocycles. The van der Waals surface area contributed by atoms with Crippen LogP contribution in [0.1, 0.15) is 162 Å². The van der Waals surface area contributed by atoms with Crippen molar-refractivity contribution in [3.8, 4) is 0 Å². The summed E-state index contributed by atoms with van der Waals surface area (Å²) in [6.07, 6.45) is 11.6. The number of hydrogen-bond donors (Lipinski definition) is 0. The van der Waals surface area contributed by atoms with Crippen LogP contribution in [-0.2, 0) is 0 Å². The van der Waals surface area contributed by atoms with Gasteiger partial charge in [0.2, 0.25) is 0 Å². The minimum absolute atomic E-state index is 0.500. The van der Waals surface area contributed by atoms with Crippen LogP contribution in [0.5, 0.6) is 0 Å². The van der Waals surface area contributed by atoms with Gasteiger partial charge in [-0.15, -0.1) is 0 Å². The zero-order valence-electron chi connectivity index (χ0n) is 26.0. The van der Waals surface area contributed by atoms with Crippen LogP contribution in [0.15, 0.2) is 0 Å². The van der Waals surface area contributed by atoms with Crippen molar-refractivity contribution in [3.05, 3.63) is 0 Å². The fourth-order valence-corrected chi connectivity index (χ4v) is 3.61. The van der Waals surface area contributed by atoms with Crippen molar-refractivity contribution in [1.29, 1.82) is 0 Å². The Morgan fingerprint density at radius 1 is 0.562 bits per heavy atom. The molecule has 0 spiro atoms. The molecule has 195 valence electrons. The highest BCUT2D eigenvalue weighted by Crippen LogP contribution is 2.45. The quantitative estimate of drug-likeness (QED) is 0.374. The Kier molecular flexibility index (Phi) is 21.1. The van der Waals surface area contributed by atoms with Crippen LogP contribution < -0.4 is 0 Å². The van der Waals surface area contributed by atoms with Gasteiger partial charge in [-0.05, 0) is 53.8 Å². The summed E-state index contributed by atoms with van der Waals surface area (Å²) >= 11 is 0. The molecule has 0 atom stereocenters. The fourth-order valence-electron chi connectivity index (χ4n) is 3.61. The lowest BCUT2D eigenvalue weighted by Crippen LogP contribution is -2.26. The van der Waals surface area contributed by atoms with E-state index in [1.54, 1.807) is 0 Å². The van der Waals surface area contributed by atoms with Crippen LogP contribution in [0.25, 0.3) is 0 Å². The predicted octanol–water partition coefficient (Wildman–Crippen LogP) is 11.9. The highest BCUT2D eigenvalue weighted by atomic mass is 14.3. The molecule has 32 heavy (non-hydrogen) atoms. The summed E-state index contributed by atoms with van der Waals surface area (Å²) in [4.78, 5) is 0. The maximum Gasteiger partial charge on any atom is 0.117 e. The zero-order chi connectivity index (χ0) is 26.2. The molecule has 0 amide bonds. The van der Waals surface area contributed by atoms with Crippen molar-refractivity contribution in [2.24, 2.45) is 28.1 Å². The number of rotatable bonds is 3. The molecule has 1 heteroatoms. The Morgan fingerprint density at radius 3 is 0.906 bits per heavy atom. The van der Waals surface area contributed by atoms with E-state index in [2.05, 4.69) is 90.4 Å². The Morgan fingerprint density at radius 2 is 0.750 bits per heavy atom.